The third kappa shape index (κ3) is 2.52. The summed E-state index contributed by atoms with van der Waals surface area (Å²) in [5, 5.41) is 1.68. The van der Waals surface area contributed by atoms with Gasteiger partial charge in [0, 0.05) is 16.8 Å². The number of carbonyl (C=O) groups excluding carboxylic acids is 1. The molecule has 0 aliphatic carbocycles. The number of furan rings is 1. The van der Waals surface area contributed by atoms with E-state index in [-0.39, 0.29) is 5.78 Å². The smallest absolute Gasteiger partial charge is 0.140 e. The average Bonchev–Trinajstić information content (AvgIpc) is 2.57. The maximum absolute atomic E-state index is 11.6. The van der Waals surface area contributed by atoms with Crippen LogP contribution >= 0.6 is 11.6 Å². The molecule has 0 bridgehead atoms. The summed E-state index contributed by atoms with van der Waals surface area (Å²) in [4.78, 5) is 11.6. The molecule has 0 aliphatic heterocycles. The molecule has 0 amide bonds. The highest BCUT2D eigenvalue weighted by Gasteiger charge is 2.13. The Morgan fingerprint density at radius 3 is 2.88 bits per heavy atom. The number of halogens is 1. The minimum absolute atomic E-state index is 0.223. The van der Waals surface area contributed by atoms with Crippen molar-refractivity contribution < 1.29 is 9.21 Å². The first-order valence-corrected chi connectivity index (χ1v) is 6.19. The largest absolute Gasteiger partial charge is 0.460 e. The van der Waals surface area contributed by atoms with Crippen LogP contribution in [0.3, 0.4) is 0 Å². The lowest BCUT2D eigenvalue weighted by Crippen LogP contribution is -2.01. The molecule has 0 radical (unpaired) electrons. The third-order valence-electron chi connectivity index (χ3n) is 2.88. The number of carbonyl (C=O) groups is 1. The monoisotopic (exact) mass is 250 g/mol. The molecule has 1 heterocycles. The molecule has 2 nitrogen and oxygen atoms in total. The van der Waals surface area contributed by atoms with Crippen LogP contribution < -0.4 is 0 Å². The van der Waals surface area contributed by atoms with E-state index in [1.807, 2.05) is 26.0 Å². The Morgan fingerprint density at radius 2 is 2.18 bits per heavy atom. The van der Waals surface area contributed by atoms with Crippen LogP contribution in [0.2, 0.25) is 5.02 Å². The maximum atomic E-state index is 11.6. The molecule has 2 rings (SSSR count). The SMILES string of the molecule is CCCC(=O)Cc1oc2ccc(Cl)cc2c1C. The molecule has 3 heteroatoms. The van der Waals surface area contributed by atoms with Gasteiger partial charge in [0.1, 0.15) is 17.1 Å². The van der Waals surface area contributed by atoms with E-state index in [1.54, 1.807) is 6.07 Å². The van der Waals surface area contributed by atoms with Gasteiger partial charge < -0.3 is 4.42 Å². The van der Waals surface area contributed by atoms with Crippen molar-refractivity contribution in [3.63, 3.8) is 0 Å². The van der Waals surface area contributed by atoms with Gasteiger partial charge in [0.2, 0.25) is 0 Å². The zero-order valence-electron chi connectivity index (χ0n) is 10.0. The second kappa shape index (κ2) is 4.92. The van der Waals surface area contributed by atoms with E-state index in [9.17, 15) is 4.79 Å². The molecule has 17 heavy (non-hydrogen) atoms. The van der Waals surface area contributed by atoms with Gasteiger partial charge in [0.15, 0.2) is 0 Å². The van der Waals surface area contributed by atoms with Crippen LogP contribution in [0.5, 0.6) is 0 Å². The van der Waals surface area contributed by atoms with E-state index in [1.165, 1.54) is 0 Å². The van der Waals surface area contributed by atoms with Crippen LogP contribution in [-0.4, -0.2) is 5.78 Å². The molecule has 1 aromatic carbocycles. The number of hydrogen-bond acceptors (Lipinski definition) is 2. The highest BCUT2D eigenvalue weighted by molar-refractivity contribution is 6.31. The second-order valence-electron chi connectivity index (χ2n) is 4.26. The van der Waals surface area contributed by atoms with Crippen molar-refractivity contribution in [3.05, 3.63) is 34.5 Å². The number of ketones is 1. The molecule has 0 saturated heterocycles. The summed E-state index contributed by atoms with van der Waals surface area (Å²) >= 11 is 5.95. The van der Waals surface area contributed by atoms with Crippen LogP contribution in [0, 0.1) is 6.92 Å². The summed E-state index contributed by atoms with van der Waals surface area (Å²) in [6.45, 7) is 3.97. The number of Topliss-reactive ketones (excluding diaryl/α,β-unsaturated/α-hetero) is 1. The van der Waals surface area contributed by atoms with Crippen LogP contribution in [0.25, 0.3) is 11.0 Å². The lowest BCUT2D eigenvalue weighted by molar-refractivity contribution is -0.118. The summed E-state index contributed by atoms with van der Waals surface area (Å²) < 4.78 is 5.69. The molecule has 1 aromatic heterocycles. The number of hydrogen-bond donors (Lipinski definition) is 0. The van der Waals surface area contributed by atoms with Gasteiger partial charge in [-0.1, -0.05) is 18.5 Å². The van der Waals surface area contributed by atoms with Gasteiger partial charge >= 0.3 is 0 Å². The summed E-state index contributed by atoms with van der Waals surface area (Å²) in [6, 6.07) is 5.52. The zero-order valence-corrected chi connectivity index (χ0v) is 10.8. The average molecular weight is 251 g/mol. The Morgan fingerprint density at radius 1 is 1.41 bits per heavy atom. The van der Waals surface area contributed by atoms with E-state index in [0.29, 0.717) is 17.9 Å². The molecular weight excluding hydrogens is 236 g/mol. The Balaban J connectivity index is 2.35. The van der Waals surface area contributed by atoms with E-state index >= 15 is 0 Å². The first kappa shape index (κ1) is 12.2. The first-order chi connectivity index (χ1) is 8.11. The van der Waals surface area contributed by atoms with Gasteiger partial charge in [-0.05, 0) is 37.1 Å². The first-order valence-electron chi connectivity index (χ1n) is 5.81. The van der Waals surface area contributed by atoms with Crippen LogP contribution in [-0.2, 0) is 11.2 Å². The van der Waals surface area contributed by atoms with E-state index in [2.05, 4.69) is 0 Å². The highest BCUT2D eigenvalue weighted by Crippen LogP contribution is 2.28. The number of rotatable bonds is 4. The Hall–Kier alpha value is -1.28. The van der Waals surface area contributed by atoms with Gasteiger partial charge in [0.25, 0.3) is 0 Å². The Bertz CT molecular complexity index is 555. The Labute approximate surface area is 106 Å². The lowest BCUT2D eigenvalue weighted by Gasteiger charge is -1.96. The van der Waals surface area contributed by atoms with Crippen molar-refractivity contribution in [3.8, 4) is 0 Å². The molecule has 0 atom stereocenters. The van der Waals surface area contributed by atoms with Crippen molar-refractivity contribution in [2.45, 2.75) is 33.1 Å². The molecule has 0 spiro atoms. The van der Waals surface area contributed by atoms with Crippen molar-refractivity contribution in [2.75, 3.05) is 0 Å². The normalized spacial score (nSPS) is 11.0. The van der Waals surface area contributed by atoms with Crippen molar-refractivity contribution >= 4 is 28.4 Å². The predicted molar refractivity (Wildman–Crippen MR) is 69.6 cm³/mol. The second-order valence-corrected chi connectivity index (χ2v) is 4.69. The summed E-state index contributed by atoms with van der Waals surface area (Å²) in [5.74, 6) is 0.987. The summed E-state index contributed by atoms with van der Waals surface area (Å²) in [5.41, 5.74) is 1.82. The molecule has 0 saturated carbocycles. The summed E-state index contributed by atoms with van der Waals surface area (Å²) in [7, 11) is 0. The minimum Gasteiger partial charge on any atom is -0.460 e. The predicted octanol–water partition coefficient (Wildman–Crippen LogP) is 4.31. The fraction of sp³-hybridized carbons (Fsp3) is 0.357. The topological polar surface area (TPSA) is 30.2 Å². The van der Waals surface area contributed by atoms with Gasteiger partial charge in [-0.15, -0.1) is 0 Å². The number of fused-ring (bicyclic) bond motifs is 1. The zero-order chi connectivity index (χ0) is 12.4. The molecule has 0 fully saturated rings. The van der Waals surface area contributed by atoms with Crippen LogP contribution in [0.15, 0.2) is 22.6 Å². The minimum atomic E-state index is 0.223. The van der Waals surface area contributed by atoms with Crippen LogP contribution in [0.4, 0.5) is 0 Å². The van der Waals surface area contributed by atoms with E-state index in [4.69, 9.17) is 16.0 Å². The quantitative estimate of drug-likeness (QED) is 0.810. The lowest BCUT2D eigenvalue weighted by atomic mass is 10.1. The van der Waals surface area contributed by atoms with E-state index < -0.39 is 0 Å². The Kier molecular flexibility index (Phi) is 3.53. The van der Waals surface area contributed by atoms with Crippen LogP contribution in [0.1, 0.15) is 31.1 Å². The fourth-order valence-corrected chi connectivity index (χ4v) is 2.13. The third-order valence-corrected chi connectivity index (χ3v) is 3.12. The van der Waals surface area contributed by atoms with Gasteiger partial charge in [0.05, 0.1) is 6.42 Å². The molecule has 90 valence electrons. The number of benzene rings is 1. The van der Waals surface area contributed by atoms with Crippen molar-refractivity contribution in [2.24, 2.45) is 0 Å². The molecular formula is C14H15ClO2. The van der Waals surface area contributed by atoms with Crippen molar-refractivity contribution in [1.29, 1.82) is 0 Å². The molecule has 0 unspecified atom stereocenters. The molecule has 2 aromatic rings. The molecule has 0 N–H and O–H groups in total. The van der Waals surface area contributed by atoms with Gasteiger partial charge in [-0.2, -0.15) is 0 Å². The van der Waals surface area contributed by atoms with Crippen molar-refractivity contribution in [1.82, 2.24) is 0 Å². The molecule has 0 aliphatic rings. The maximum Gasteiger partial charge on any atom is 0.140 e. The van der Waals surface area contributed by atoms with E-state index in [0.717, 1.165) is 28.7 Å². The highest BCUT2D eigenvalue weighted by atomic mass is 35.5. The number of aryl methyl sites for hydroxylation is 1. The fourth-order valence-electron chi connectivity index (χ4n) is 1.96. The standard InChI is InChI=1S/C14H15ClO2/c1-3-4-11(16)8-14-9(2)12-7-10(15)5-6-13(12)17-14/h5-7H,3-4,8H2,1-2H3. The van der Waals surface area contributed by atoms with Gasteiger partial charge in [-0.3, -0.25) is 4.79 Å². The summed E-state index contributed by atoms with van der Waals surface area (Å²) in [6.07, 6.45) is 1.87. The van der Waals surface area contributed by atoms with Gasteiger partial charge in [-0.25, -0.2) is 0 Å².